The van der Waals surface area contributed by atoms with Crippen LogP contribution in [0.15, 0.2) is 59.5 Å². The lowest BCUT2D eigenvalue weighted by molar-refractivity contribution is 0.101. The van der Waals surface area contributed by atoms with Gasteiger partial charge in [-0.2, -0.15) is 0 Å². The van der Waals surface area contributed by atoms with Gasteiger partial charge in [0.1, 0.15) is 0 Å². The fourth-order valence-electron chi connectivity index (χ4n) is 3.17. The van der Waals surface area contributed by atoms with Crippen LogP contribution in [-0.2, 0) is 10.0 Å². The second kappa shape index (κ2) is 8.65. The fraction of sp³-hybridized carbons (Fsp3) is 0.350. The first-order valence-corrected chi connectivity index (χ1v) is 10.6. The van der Waals surface area contributed by atoms with E-state index in [2.05, 4.69) is 26.7 Å². The van der Waals surface area contributed by atoms with E-state index >= 15 is 0 Å². The van der Waals surface area contributed by atoms with Gasteiger partial charge in [0.25, 0.3) is 0 Å². The quantitative estimate of drug-likeness (QED) is 0.736. The van der Waals surface area contributed by atoms with Crippen molar-refractivity contribution in [1.82, 2.24) is 9.62 Å². The number of carbonyl (C=O) groups is 1. The number of para-hydroxylation sites is 1. The van der Waals surface area contributed by atoms with Gasteiger partial charge in [-0.3, -0.25) is 9.69 Å². The van der Waals surface area contributed by atoms with Gasteiger partial charge in [0.05, 0.1) is 4.90 Å². The van der Waals surface area contributed by atoms with Crippen molar-refractivity contribution in [3.05, 3.63) is 60.2 Å². The van der Waals surface area contributed by atoms with E-state index < -0.39 is 10.0 Å². The summed E-state index contributed by atoms with van der Waals surface area (Å²) in [5, 5.41) is 0. The molecule has 0 atom stereocenters. The van der Waals surface area contributed by atoms with Crippen LogP contribution in [-0.4, -0.2) is 58.4 Å². The molecule has 3 rings (SSSR count). The number of hydrogen-bond acceptors (Lipinski definition) is 5. The molecule has 144 valence electrons. The first-order chi connectivity index (χ1) is 13.0. The molecule has 2 aromatic carbocycles. The van der Waals surface area contributed by atoms with E-state index in [1.165, 1.54) is 24.7 Å². The third-order valence-electron chi connectivity index (χ3n) is 4.76. The fourth-order valence-corrected chi connectivity index (χ4v) is 4.24. The smallest absolute Gasteiger partial charge is 0.240 e. The van der Waals surface area contributed by atoms with E-state index in [1.807, 2.05) is 18.2 Å². The van der Waals surface area contributed by atoms with E-state index in [1.54, 1.807) is 12.1 Å². The zero-order valence-corrected chi connectivity index (χ0v) is 16.3. The van der Waals surface area contributed by atoms with Crippen molar-refractivity contribution < 1.29 is 13.2 Å². The number of hydrogen-bond donors (Lipinski definition) is 1. The van der Waals surface area contributed by atoms with Crippen molar-refractivity contribution in [1.29, 1.82) is 0 Å². The summed E-state index contributed by atoms with van der Waals surface area (Å²) in [6.07, 6.45) is 0. The van der Waals surface area contributed by atoms with Gasteiger partial charge in [0, 0.05) is 50.5 Å². The first-order valence-electron chi connectivity index (χ1n) is 9.09. The van der Waals surface area contributed by atoms with E-state index in [0.717, 1.165) is 26.2 Å². The Hall–Kier alpha value is -2.22. The summed E-state index contributed by atoms with van der Waals surface area (Å²) in [6, 6.07) is 16.4. The third kappa shape index (κ3) is 5.15. The summed E-state index contributed by atoms with van der Waals surface area (Å²) in [5.74, 6) is -0.150. The molecule has 0 aliphatic carbocycles. The molecule has 1 aliphatic rings. The van der Waals surface area contributed by atoms with Gasteiger partial charge in [-0.25, -0.2) is 13.1 Å². The molecule has 0 unspecified atom stereocenters. The predicted molar refractivity (Wildman–Crippen MR) is 107 cm³/mol. The second-order valence-corrected chi connectivity index (χ2v) is 8.41. The first kappa shape index (κ1) is 19.5. The minimum absolute atomic E-state index is 0.129. The number of ketones is 1. The van der Waals surface area contributed by atoms with Crippen molar-refractivity contribution in [2.75, 3.05) is 44.2 Å². The predicted octanol–water partition coefficient (Wildman–Crippen LogP) is 1.99. The summed E-state index contributed by atoms with van der Waals surface area (Å²) in [5.41, 5.74) is 1.62. The zero-order valence-electron chi connectivity index (χ0n) is 15.5. The highest BCUT2D eigenvalue weighted by Gasteiger charge is 2.19. The van der Waals surface area contributed by atoms with Gasteiger partial charge >= 0.3 is 0 Å². The van der Waals surface area contributed by atoms with Gasteiger partial charge in [0.15, 0.2) is 5.78 Å². The number of nitrogens with zero attached hydrogens (tertiary/aromatic N) is 2. The molecular weight excluding hydrogens is 362 g/mol. The molecule has 0 radical (unpaired) electrons. The third-order valence-corrected chi connectivity index (χ3v) is 6.22. The van der Waals surface area contributed by atoms with Crippen LogP contribution in [0.4, 0.5) is 5.69 Å². The second-order valence-electron chi connectivity index (χ2n) is 6.65. The Morgan fingerprint density at radius 1 is 1.00 bits per heavy atom. The Kier molecular flexibility index (Phi) is 6.26. The molecule has 1 aliphatic heterocycles. The summed E-state index contributed by atoms with van der Waals surface area (Å²) in [7, 11) is -3.61. The maximum absolute atomic E-state index is 12.4. The van der Waals surface area contributed by atoms with Crippen LogP contribution in [0.1, 0.15) is 17.3 Å². The lowest BCUT2D eigenvalue weighted by Gasteiger charge is -2.36. The highest BCUT2D eigenvalue weighted by atomic mass is 32.2. The maximum Gasteiger partial charge on any atom is 0.240 e. The Morgan fingerprint density at radius 3 is 2.37 bits per heavy atom. The molecule has 1 saturated heterocycles. The van der Waals surface area contributed by atoms with E-state index in [0.29, 0.717) is 18.7 Å². The minimum Gasteiger partial charge on any atom is -0.369 e. The Labute approximate surface area is 160 Å². The molecule has 2 aromatic rings. The van der Waals surface area contributed by atoms with Gasteiger partial charge in [-0.1, -0.05) is 30.3 Å². The Bertz CT molecular complexity index is 876. The number of anilines is 1. The zero-order chi connectivity index (χ0) is 19.3. The van der Waals surface area contributed by atoms with E-state index in [4.69, 9.17) is 0 Å². The number of piperazine rings is 1. The van der Waals surface area contributed by atoms with Crippen molar-refractivity contribution in [2.45, 2.75) is 11.8 Å². The van der Waals surface area contributed by atoms with Crippen molar-refractivity contribution in [2.24, 2.45) is 0 Å². The van der Waals surface area contributed by atoms with Crippen LogP contribution in [0, 0.1) is 0 Å². The molecule has 0 aromatic heterocycles. The van der Waals surface area contributed by atoms with Crippen LogP contribution in [0.5, 0.6) is 0 Å². The van der Waals surface area contributed by atoms with Crippen LogP contribution < -0.4 is 9.62 Å². The van der Waals surface area contributed by atoms with E-state index in [9.17, 15) is 13.2 Å². The van der Waals surface area contributed by atoms with Crippen LogP contribution in [0.25, 0.3) is 0 Å². The summed E-state index contributed by atoms with van der Waals surface area (Å²) < 4.78 is 27.5. The Balaban J connectivity index is 1.49. The van der Waals surface area contributed by atoms with Gasteiger partial charge in [-0.15, -0.1) is 0 Å². The largest absolute Gasteiger partial charge is 0.369 e. The molecule has 6 nitrogen and oxygen atoms in total. The SMILES string of the molecule is CC(=O)c1cccc(S(=O)(=O)NCCN2CCN(c3ccccc3)CC2)c1. The van der Waals surface area contributed by atoms with Gasteiger partial charge in [-0.05, 0) is 31.2 Å². The minimum atomic E-state index is -3.61. The number of Topliss-reactive ketones (excluding diaryl/α,β-unsaturated/α-hetero) is 1. The van der Waals surface area contributed by atoms with Crippen LogP contribution in [0.2, 0.25) is 0 Å². The molecule has 1 heterocycles. The maximum atomic E-state index is 12.4. The highest BCUT2D eigenvalue weighted by Crippen LogP contribution is 2.15. The molecule has 0 spiro atoms. The van der Waals surface area contributed by atoms with Gasteiger partial charge < -0.3 is 4.90 Å². The number of carbonyl (C=O) groups excluding carboxylic acids is 1. The molecule has 27 heavy (non-hydrogen) atoms. The lowest BCUT2D eigenvalue weighted by atomic mass is 10.2. The van der Waals surface area contributed by atoms with Crippen LogP contribution in [0.3, 0.4) is 0 Å². The molecule has 0 bridgehead atoms. The van der Waals surface area contributed by atoms with Crippen LogP contribution >= 0.6 is 0 Å². The average molecular weight is 388 g/mol. The average Bonchev–Trinajstić information content (AvgIpc) is 2.69. The summed E-state index contributed by atoms with van der Waals surface area (Å²) in [4.78, 5) is 16.2. The molecule has 0 amide bonds. The number of nitrogens with one attached hydrogen (secondary N) is 1. The lowest BCUT2D eigenvalue weighted by Crippen LogP contribution is -2.48. The molecule has 0 saturated carbocycles. The number of sulfonamides is 1. The molecule has 7 heteroatoms. The monoisotopic (exact) mass is 387 g/mol. The topological polar surface area (TPSA) is 69.7 Å². The summed E-state index contributed by atoms with van der Waals surface area (Å²) in [6.45, 7) is 6.09. The Morgan fingerprint density at radius 2 is 1.70 bits per heavy atom. The molecule has 1 N–H and O–H groups in total. The van der Waals surface area contributed by atoms with Crippen molar-refractivity contribution in [3.63, 3.8) is 0 Å². The number of benzene rings is 2. The van der Waals surface area contributed by atoms with Gasteiger partial charge in [0.2, 0.25) is 10.0 Å². The highest BCUT2D eigenvalue weighted by molar-refractivity contribution is 7.89. The molecular formula is C20H25N3O3S. The molecule has 1 fully saturated rings. The van der Waals surface area contributed by atoms with E-state index in [-0.39, 0.29) is 10.7 Å². The van der Waals surface area contributed by atoms with Crippen molar-refractivity contribution in [3.8, 4) is 0 Å². The summed E-state index contributed by atoms with van der Waals surface area (Å²) >= 11 is 0. The standard InChI is InChI=1S/C20H25N3O3S/c1-17(24)18-6-5-9-20(16-18)27(25,26)21-10-11-22-12-14-23(15-13-22)19-7-3-2-4-8-19/h2-9,16,21H,10-15H2,1H3. The normalized spacial score (nSPS) is 15.7. The number of rotatable bonds is 7. The van der Waals surface area contributed by atoms with Crippen molar-refractivity contribution >= 4 is 21.5 Å².